The first-order valence-corrected chi connectivity index (χ1v) is 13.9. The average molecular weight is 608 g/mol. The molecule has 2 saturated heterocycles. The Bertz CT molecular complexity index is 1540. The number of hydrogen-bond acceptors (Lipinski definition) is 5. The fourth-order valence-electron chi connectivity index (χ4n) is 6.82. The van der Waals surface area contributed by atoms with E-state index in [2.05, 4.69) is 0 Å². The van der Waals surface area contributed by atoms with E-state index >= 15 is 0 Å². The summed E-state index contributed by atoms with van der Waals surface area (Å²) in [5.41, 5.74) is 1.94. The third kappa shape index (κ3) is 3.37. The third-order valence-corrected chi connectivity index (χ3v) is 10.8. The van der Waals surface area contributed by atoms with Gasteiger partial charge >= 0.3 is 0 Å². The maximum absolute atomic E-state index is 14.0. The van der Waals surface area contributed by atoms with E-state index in [1.807, 2.05) is 6.92 Å². The smallest absolute Gasteiger partial charge is 0.253 e. The number of rotatable bonds is 2. The van der Waals surface area contributed by atoms with E-state index in [0.29, 0.717) is 16.3 Å². The van der Waals surface area contributed by atoms with E-state index in [1.165, 1.54) is 25.2 Å². The highest BCUT2D eigenvalue weighted by Crippen LogP contribution is 2.66. The van der Waals surface area contributed by atoms with Crippen LogP contribution in [0.5, 0.6) is 5.75 Å². The number of allylic oxidation sites excluding steroid dienone is 2. The first-order valence-electron chi connectivity index (χ1n) is 12.4. The lowest BCUT2D eigenvalue weighted by Crippen LogP contribution is -2.60. The van der Waals surface area contributed by atoms with E-state index in [9.17, 15) is 24.3 Å². The Morgan fingerprint density at radius 3 is 2.36 bits per heavy atom. The van der Waals surface area contributed by atoms with E-state index in [4.69, 9.17) is 46.4 Å². The maximum atomic E-state index is 14.0. The lowest BCUT2D eigenvalue weighted by Gasteiger charge is -2.50. The fourth-order valence-corrected chi connectivity index (χ4v) is 8.19. The second kappa shape index (κ2) is 8.71. The molecule has 2 aliphatic heterocycles. The van der Waals surface area contributed by atoms with Crippen LogP contribution in [-0.4, -0.2) is 50.4 Å². The van der Waals surface area contributed by atoms with Gasteiger partial charge < -0.3 is 5.11 Å². The van der Waals surface area contributed by atoms with Crippen LogP contribution in [0.2, 0.25) is 10.0 Å². The van der Waals surface area contributed by atoms with E-state index in [-0.39, 0.29) is 35.1 Å². The Balaban J connectivity index is 1.53. The molecule has 2 heterocycles. The van der Waals surface area contributed by atoms with Crippen LogP contribution in [0.3, 0.4) is 0 Å². The fraction of sp³-hybridized carbons (Fsp3) is 0.357. The molecule has 2 aromatic carbocycles. The molecule has 4 amide bonds. The number of aromatic hydroxyl groups is 1. The zero-order chi connectivity index (χ0) is 28.2. The molecule has 202 valence electrons. The molecule has 7 nitrogen and oxygen atoms in total. The van der Waals surface area contributed by atoms with Crippen molar-refractivity contribution in [1.29, 1.82) is 0 Å². The van der Waals surface area contributed by atoms with Gasteiger partial charge in [0, 0.05) is 28.6 Å². The molecule has 1 saturated carbocycles. The van der Waals surface area contributed by atoms with Crippen molar-refractivity contribution < 1.29 is 24.3 Å². The van der Waals surface area contributed by atoms with Gasteiger partial charge in [-0.3, -0.25) is 24.1 Å². The number of imide groups is 2. The van der Waals surface area contributed by atoms with Crippen molar-refractivity contribution in [3.63, 3.8) is 0 Å². The Morgan fingerprint density at radius 1 is 0.949 bits per heavy atom. The summed E-state index contributed by atoms with van der Waals surface area (Å²) in [5.74, 6) is -5.76. The number of nitrogens with zero attached hydrogens (tertiary/aromatic N) is 2. The van der Waals surface area contributed by atoms with Gasteiger partial charge in [-0.15, -0.1) is 23.2 Å². The minimum absolute atomic E-state index is 0.140. The Hall–Kier alpha value is -2.58. The van der Waals surface area contributed by atoms with Crippen molar-refractivity contribution in [2.24, 2.45) is 17.8 Å². The van der Waals surface area contributed by atoms with Crippen molar-refractivity contribution in [2.45, 2.75) is 35.4 Å². The molecular weight excluding hydrogens is 586 g/mol. The Labute approximate surface area is 244 Å². The quantitative estimate of drug-likeness (QED) is 0.288. The number of alkyl halides is 2. The van der Waals surface area contributed by atoms with Gasteiger partial charge in [0.1, 0.15) is 5.75 Å². The summed E-state index contributed by atoms with van der Waals surface area (Å²) in [4.78, 5) is 52.7. The molecule has 11 heteroatoms. The van der Waals surface area contributed by atoms with Gasteiger partial charge in [0.15, 0.2) is 9.75 Å². The van der Waals surface area contributed by atoms with Crippen LogP contribution in [0.15, 0.2) is 48.0 Å². The van der Waals surface area contributed by atoms with Gasteiger partial charge in [-0.05, 0) is 61.6 Å². The molecule has 4 aliphatic rings. The van der Waals surface area contributed by atoms with Gasteiger partial charge in [0.25, 0.3) is 11.8 Å². The van der Waals surface area contributed by atoms with Crippen LogP contribution in [0, 0.1) is 24.7 Å². The second-order valence-electron chi connectivity index (χ2n) is 10.6. The number of carbonyl (C=O) groups is 4. The molecule has 0 aromatic heterocycles. The van der Waals surface area contributed by atoms with Crippen molar-refractivity contribution >= 4 is 75.7 Å². The van der Waals surface area contributed by atoms with Crippen LogP contribution in [0.25, 0.3) is 0 Å². The molecule has 0 radical (unpaired) electrons. The highest BCUT2D eigenvalue weighted by molar-refractivity contribution is 6.53. The zero-order valence-corrected chi connectivity index (χ0v) is 23.8. The van der Waals surface area contributed by atoms with Crippen molar-refractivity contribution in [3.05, 3.63) is 69.2 Å². The SMILES string of the molecule is Cc1ccc(N2C(=O)C3CC=C4C(CC5(Cl)C(=O)N(C)C(=O)C5(Cl)C4c4cc(Cl)ccc4O)C3C2=O)cc1Cl. The lowest BCUT2D eigenvalue weighted by molar-refractivity contribution is -0.138. The summed E-state index contributed by atoms with van der Waals surface area (Å²) in [6.07, 6.45) is 1.86. The van der Waals surface area contributed by atoms with Gasteiger partial charge in [-0.2, -0.15) is 0 Å². The number of phenolic OH excluding ortho intramolecular Hbond substituents is 1. The van der Waals surface area contributed by atoms with Gasteiger partial charge in [-0.1, -0.05) is 40.9 Å². The topological polar surface area (TPSA) is 95.0 Å². The summed E-state index contributed by atoms with van der Waals surface area (Å²) < 4.78 is 0. The number of likely N-dealkylation sites (tertiary alicyclic amines) is 1. The predicted molar refractivity (Wildman–Crippen MR) is 147 cm³/mol. The zero-order valence-electron chi connectivity index (χ0n) is 20.8. The van der Waals surface area contributed by atoms with Crippen LogP contribution >= 0.6 is 46.4 Å². The number of hydrogen-bond donors (Lipinski definition) is 1. The third-order valence-electron chi connectivity index (χ3n) is 8.73. The summed E-state index contributed by atoms with van der Waals surface area (Å²) >= 11 is 26.8. The van der Waals surface area contributed by atoms with E-state index in [1.54, 1.807) is 24.3 Å². The molecule has 2 aliphatic carbocycles. The second-order valence-corrected chi connectivity index (χ2v) is 12.7. The molecule has 6 rings (SSSR count). The standard InChI is InChI=1S/C28H22Cl4N2O5/c1-12-3-5-14(10-19(12)30)34-23(36)16-7-6-15-18(21(16)24(34)37)11-27(31)25(38)33(2)26(39)28(27,32)22(15)17-9-13(29)4-8-20(17)35/h3-6,8-10,16,18,21-22,35H,7,11H2,1-2H3. The average Bonchev–Trinajstić information content (AvgIpc) is 3.22. The number of benzene rings is 2. The number of carbonyl (C=O) groups excluding carboxylic acids is 4. The summed E-state index contributed by atoms with van der Waals surface area (Å²) in [7, 11) is 1.31. The van der Waals surface area contributed by atoms with Crippen LogP contribution in [0.1, 0.15) is 29.9 Å². The summed E-state index contributed by atoms with van der Waals surface area (Å²) in [5, 5.41) is 11.6. The van der Waals surface area contributed by atoms with Crippen molar-refractivity contribution in [1.82, 2.24) is 4.90 Å². The van der Waals surface area contributed by atoms with Gasteiger partial charge in [0.05, 0.1) is 17.5 Å². The summed E-state index contributed by atoms with van der Waals surface area (Å²) in [6, 6.07) is 9.32. The molecule has 6 unspecified atom stereocenters. The molecule has 2 aromatic rings. The number of aryl methyl sites for hydroxylation is 1. The maximum Gasteiger partial charge on any atom is 0.253 e. The predicted octanol–water partition coefficient (Wildman–Crippen LogP) is 5.20. The first kappa shape index (κ1) is 26.6. The summed E-state index contributed by atoms with van der Waals surface area (Å²) in [6.45, 7) is 1.82. The molecule has 6 atom stereocenters. The monoisotopic (exact) mass is 606 g/mol. The highest BCUT2D eigenvalue weighted by atomic mass is 35.5. The highest BCUT2D eigenvalue weighted by Gasteiger charge is 2.76. The van der Waals surface area contributed by atoms with Crippen LogP contribution in [0.4, 0.5) is 5.69 Å². The molecule has 0 bridgehead atoms. The van der Waals surface area contributed by atoms with Crippen molar-refractivity contribution in [3.8, 4) is 5.75 Å². The van der Waals surface area contributed by atoms with Gasteiger partial charge in [0.2, 0.25) is 11.8 Å². The minimum Gasteiger partial charge on any atom is -0.508 e. The molecule has 1 N–H and O–H groups in total. The van der Waals surface area contributed by atoms with E-state index < -0.39 is 51.1 Å². The molecule has 39 heavy (non-hydrogen) atoms. The largest absolute Gasteiger partial charge is 0.508 e. The lowest BCUT2D eigenvalue weighted by atomic mass is 9.56. The normalized spacial score (nSPS) is 33.7. The Kier molecular flexibility index (Phi) is 5.95. The van der Waals surface area contributed by atoms with E-state index in [0.717, 1.165) is 15.4 Å². The van der Waals surface area contributed by atoms with Crippen molar-refractivity contribution in [2.75, 3.05) is 11.9 Å². The Morgan fingerprint density at radius 2 is 1.67 bits per heavy atom. The molecule has 0 spiro atoms. The number of halogens is 4. The van der Waals surface area contributed by atoms with Crippen LogP contribution in [-0.2, 0) is 19.2 Å². The number of fused-ring (bicyclic) bond motifs is 4. The number of anilines is 1. The molecular formula is C28H22Cl4N2O5. The minimum atomic E-state index is -1.99. The molecule has 3 fully saturated rings. The number of phenols is 1. The van der Waals surface area contributed by atoms with Gasteiger partial charge in [-0.25, -0.2) is 4.90 Å². The van der Waals surface area contributed by atoms with Crippen LogP contribution < -0.4 is 4.90 Å². The first-order chi connectivity index (χ1) is 18.3. The number of amides is 4.